The molecule has 1 aliphatic heterocycles. The molecule has 0 radical (unpaired) electrons. The van der Waals surface area contributed by atoms with Gasteiger partial charge >= 0.3 is 5.97 Å². The molecule has 3 rings (SSSR count). The van der Waals surface area contributed by atoms with Gasteiger partial charge in [-0.05, 0) is 31.4 Å². The molecule has 1 saturated heterocycles. The maximum Gasteiger partial charge on any atom is 0.320 e. The number of imidazole rings is 1. The highest BCUT2D eigenvalue weighted by molar-refractivity contribution is 5.75. The van der Waals surface area contributed by atoms with E-state index < -0.39 is 12.0 Å². The molecule has 2 atom stereocenters. The van der Waals surface area contributed by atoms with Crippen LogP contribution in [0.15, 0.2) is 24.3 Å². The second-order valence-corrected chi connectivity index (χ2v) is 5.47. The fourth-order valence-electron chi connectivity index (χ4n) is 2.97. The summed E-state index contributed by atoms with van der Waals surface area (Å²) < 4.78 is 2.10. The molecule has 2 unspecified atom stereocenters. The van der Waals surface area contributed by atoms with E-state index in [9.17, 15) is 4.79 Å². The number of rotatable bonds is 3. The van der Waals surface area contributed by atoms with Crippen molar-refractivity contribution in [2.45, 2.75) is 37.8 Å². The Labute approximate surface area is 117 Å². The summed E-state index contributed by atoms with van der Waals surface area (Å²) in [6, 6.07) is 7.84. The zero-order valence-electron chi connectivity index (χ0n) is 11.5. The molecule has 2 N–H and O–H groups in total. The summed E-state index contributed by atoms with van der Waals surface area (Å²) >= 11 is 0. The van der Waals surface area contributed by atoms with Crippen LogP contribution in [0.4, 0.5) is 0 Å². The maximum atomic E-state index is 11.1. The summed E-state index contributed by atoms with van der Waals surface area (Å²) in [7, 11) is 2.02. The number of hydrogen-bond donors (Lipinski definition) is 2. The maximum absolute atomic E-state index is 11.1. The van der Waals surface area contributed by atoms with Crippen LogP contribution in [0.3, 0.4) is 0 Å². The number of aryl methyl sites for hydroxylation is 1. The van der Waals surface area contributed by atoms with Crippen molar-refractivity contribution in [2.75, 3.05) is 0 Å². The SMILES string of the molecule is Cn1c(CC2CCCC(C(=O)O)N2)nc2ccccc21. The van der Waals surface area contributed by atoms with E-state index in [2.05, 4.69) is 20.9 Å². The zero-order valence-corrected chi connectivity index (χ0v) is 11.5. The van der Waals surface area contributed by atoms with Gasteiger partial charge in [-0.1, -0.05) is 12.1 Å². The molecule has 2 heterocycles. The molecular formula is C15H19N3O2. The quantitative estimate of drug-likeness (QED) is 0.893. The Kier molecular flexibility index (Phi) is 3.44. The van der Waals surface area contributed by atoms with Crippen LogP contribution in [0.25, 0.3) is 11.0 Å². The Morgan fingerprint density at radius 1 is 1.45 bits per heavy atom. The standard InChI is InChI=1S/C15H19N3O2/c1-18-13-8-3-2-6-11(13)17-14(18)9-10-5-4-7-12(16-10)15(19)20/h2-3,6,8,10,12,16H,4-5,7,9H2,1H3,(H,19,20). The van der Waals surface area contributed by atoms with E-state index in [1.54, 1.807) is 0 Å². The van der Waals surface area contributed by atoms with Gasteiger partial charge in [-0.3, -0.25) is 4.79 Å². The van der Waals surface area contributed by atoms with Crippen LogP contribution in [0.1, 0.15) is 25.1 Å². The van der Waals surface area contributed by atoms with Gasteiger partial charge in [-0.2, -0.15) is 0 Å². The molecule has 5 nitrogen and oxygen atoms in total. The third kappa shape index (κ3) is 2.41. The molecule has 1 aromatic heterocycles. The third-order valence-corrected chi connectivity index (χ3v) is 4.09. The first-order chi connectivity index (χ1) is 9.65. The first-order valence-corrected chi connectivity index (χ1v) is 7.04. The van der Waals surface area contributed by atoms with Gasteiger partial charge in [-0.15, -0.1) is 0 Å². The van der Waals surface area contributed by atoms with E-state index >= 15 is 0 Å². The summed E-state index contributed by atoms with van der Waals surface area (Å²) in [5.41, 5.74) is 2.11. The molecule has 20 heavy (non-hydrogen) atoms. The first kappa shape index (κ1) is 13.1. The normalized spacial score (nSPS) is 23.1. The molecule has 0 saturated carbocycles. The van der Waals surface area contributed by atoms with Crippen molar-refractivity contribution in [3.8, 4) is 0 Å². The molecule has 0 amide bonds. The molecule has 0 aliphatic carbocycles. The Bertz CT molecular complexity index is 635. The van der Waals surface area contributed by atoms with Gasteiger partial charge in [-0.25, -0.2) is 4.98 Å². The smallest absolute Gasteiger partial charge is 0.320 e. The molecule has 0 bridgehead atoms. The highest BCUT2D eigenvalue weighted by Crippen LogP contribution is 2.19. The Balaban J connectivity index is 1.79. The second-order valence-electron chi connectivity index (χ2n) is 5.47. The van der Waals surface area contributed by atoms with Gasteiger partial charge in [0.2, 0.25) is 0 Å². The lowest BCUT2D eigenvalue weighted by atomic mass is 9.96. The van der Waals surface area contributed by atoms with E-state index in [-0.39, 0.29) is 6.04 Å². The van der Waals surface area contributed by atoms with Crippen molar-refractivity contribution in [1.82, 2.24) is 14.9 Å². The van der Waals surface area contributed by atoms with Crippen molar-refractivity contribution in [2.24, 2.45) is 7.05 Å². The highest BCUT2D eigenvalue weighted by Gasteiger charge is 2.26. The number of fused-ring (bicyclic) bond motifs is 1. The average Bonchev–Trinajstić information content (AvgIpc) is 2.76. The van der Waals surface area contributed by atoms with Crippen molar-refractivity contribution >= 4 is 17.0 Å². The van der Waals surface area contributed by atoms with Crippen molar-refractivity contribution in [3.05, 3.63) is 30.1 Å². The number of piperidine rings is 1. The number of nitrogens with one attached hydrogen (secondary N) is 1. The number of carboxylic acid groups (broad SMARTS) is 1. The minimum absolute atomic E-state index is 0.195. The average molecular weight is 273 g/mol. The fraction of sp³-hybridized carbons (Fsp3) is 0.467. The van der Waals surface area contributed by atoms with Crippen LogP contribution in [0, 0.1) is 0 Å². The molecule has 2 aromatic rings. The number of aliphatic carboxylic acids is 1. The largest absolute Gasteiger partial charge is 0.480 e. The van der Waals surface area contributed by atoms with Gasteiger partial charge < -0.3 is 15.0 Å². The summed E-state index contributed by atoms with van der Waals surface area (Å²) in [5, 5.41) is 12.3. The molecule has 1 fully saturated rings. The van der Waals surface area contributed by atoms with Crippen LogP contribution in [-0.2, 0) is 18.3 Å². The lowest BCUT2D eigenvalue weighted by Crippen LogP contribution is -2.47. The van der Waals surface area contributed by atoms with Crippen LogP contribution >= 0.6 is 0 Å². The molecule has 0 spiro atoms. The number of aromatic nitrogens is 2. The lowest BCUT2D eigenvalue weighted by molar-refractivity contribution is -0.140. The second kappa shape index (κ2) is 5.25. The van der Waals surface area contributed by atoms with Crippen molar-refractivity contribution in [1.29, 1.82) is 0 Å². The summed E-state index contributed by atoms with van der Waals surface area (Å²) in [6.07, 6.45) is 3.45. The van der Waals surface area contributed by atoms with Crippen LogP contribution in [0.2, 0.25) is 0 Å². The molecular weight excluding hydrogens is 254 g/mol. The van der Waals surface area contributed by atoms with Crippen molar-refractivity contribution in [3.63, 3.8) is 0 Å². The van der Waals surface area contributed by atoms with Crippen LogP contribution in [-0.4, -0.2) is 32.7 Å². The number of carboxylic acids is 1. The van der Waals surface area contributed by atoms with Gasteiger partial charge in [0.1, 0.15) is 11.9 Å². The number of nitrogens with zero attached hydrogens (tertiary/aromatic N) is 2. The summed E-state index contributed by atoms with van der Waals surface area (Å²) in [6.45, 7) is 0. The van der Waals surface area contributed by atoms with Gasteiger partial charge in [0.05, 0.1) is 11.0 Å². The predicted octanol–water partition coefficient (Wildman–Crippen LogP) is 1.71. The zero-order chi connectivity index (χ0) is 14.1. The Hall–Kier alpha value is -1.88. The monoisotopic (exact) mass is 273 g/mol. The Morgan fingerprint density at radius 2 is 2.25 bits per heavy atom. The number of para-hydroxylation sites is 2. The van der Waals surface area contributed by atoms with E-state index in [0.717, 1.165) is 36.1 Å². The van der Waals surface area contributed by atoms with E-state index in [4.69, 9.17) is 5.11 Å². The van der Waals surface area contributed by atoms with Gasteiger partial charge in [0.15, 0.2) is 0 Å². The third-order valence-electron chi connectivity index (χ3n) is 4.09. The lowest BCUT2D eigenvalue weighted by Gasteiger charge is -2.28. The minimum atomic E-state index is -0.750. The molecule has 5 heteroatoms. The van der Waals surface area contributed by atoms with Gasteiger partial charge in [0.25, 0.3) is 0 Å². The molecule has 1 aromatic carbocycles. The summed E-state index contributed by atoms with van der Waals surface area (Å²) in [4.78, 5) is 15.7. The predicted molar refractivity (Wildman–Crippen MR) is 76.6 cm³/mol. The Morgan fingerprint density at radius 3 is 3.00 bits per heavy atom. The number of benzene rings is 1. The van der Waals surface area contributed by atoms with Crippen LogP contribution < -0.4 is 5.32 Å². The minimum Gasteiger partial charge on any atom is -0.480 e. The van der Waals surface area contributed by atoms with E-state index in [1.807, 2.05) is 25.2 Å². The molecule has 106 valence electrons. The van der Waals surface area contributed by atoms with Crippen molar-refractivity contribution < 1.29 is 9.90 Å². The van der Waals surface area contributed by atoms with E-state index in [1.165, 1.54) is 0 Å². The fourth-order valence-corrected chi connectivity index (χ4v) is 2.97. The van der Waals surface area contributed by atoms with Crippen LogP contribution in [0.5, 0.6) is 0 Å². The first-order valence-electron chi connectivity index (χ1n) is 7.04. The van der Waals surface area contributed by atoms with Gasteiger partial charge in [0, 0.05) is 19.5 Å². The topological polar surface area (TPSA) is 67.2 Å². The molecule has 1 aliphatic rings. The van der Waals surface area contributed by atoms with E-state index in [0.29, 0.717) is 6.42 Å². The number of hydrogen-bond acceptors (Lipinski definition) is 3. The summed E-state index contributed by atoms with van der Waals surface area (Å²) in [5.74, 6) is 0.259. The highest BCUT2D eigenvalue weighted by atomic mass is 16.4. The number of carbonyl (C=O) groups is 1.